The van der Waals surface area contributed by atoms with Gasteiger partial charge in [-0.3, -0.25) is 4.79 Å². The minimum Gasteiger partial charge on any atom is -0.309 e. The van der Waals surface area contributed by atoms with E-state index in [1.54, 1.807) is 13.1 Å². The van der Waals surface area contributed by atoms with E-state index in [2.05, 4.69) is 19.9 Å². The highest BCUT2D eigenvalue weighted by atomic mass is 16.1. The molecule has 0 amide bonds. The first-order valence-corrected chi connectivity index (χ1v) is 3.87. The zero-order valence-electron chi connectivity index (χ0n) is 7.33. The Morgan fingerprint density at radius 3 is 2.85 bits per heavy atom. The van der Waals surface area contributed by atoms with E-state index in [0.717, 1.165) is 5.69 Å². The highest BCUT2D eigenvalue weighted by molar-refractivity contribution is 5.67. The molecule has 0 bridgehead atoms. The average Bonchev–Trinajstić information content (AvgIpc) is 2.02. The standard InChI is InChI=1S/C8H8N4O/c1-4-3-9-6-7(10-4)11-5(2)12-8(6)13/h3H,1-2H3,(H,10,11,12,13). The minimum absolute atomic E-state index is 0.241. The highest BCUT2D eigenvalue weighted by Gasteiger charge is 2.03. The van der Waals surface area contributed by atoms with Gasteiger partial charge < -0.3 is 4.98 Å². The molecular weight excluding hydrogens is 168 g/mol. The number of nitrogens with zero attached hydrogens (tertiary/aromatic N) is 3. The van der Waals surface area contributed by atoms with Gasteiger partial charge in [-0.05, 0) is 13.8 Å². The Hall–Kier alpha value is -1.78. The Bertz CT molecular complexity index is 512. The van der Waals surface area contributed by atoms with E-state index in [1.807, 2.05) is 6.92 Å². The van der Waals surface area contributed by atoms with Gasteiger partial charge in [-0.15, -0.1) is 0 Å². The largest absolute Gasteiger partial charge is 0.309 e. The predicted molar refractivity (Wildman–Crippen MR) is 47.4 cm³/mol. The zero-order chi connectivity index (χ0) is 9.42. The van der Waals surface area contributed by atoms with Gasteiger partial charge in [0.2, 0.25) is 0 Å². The fourth-order valence-electron chi connectivity index (χ4n) is 1.11. The van der Waals surface area contributed by atoms with Gasteiger partial charge in [0.1, 0.15) is 5.82 Å². The number of aromatic amines is 1. The fraction of sp³-hybridized carbons (Fsp3) is 0.250. The first kappa shape index (κ1) is 7.85. The lowest BCUT2D eigenvalue weighted by atomic mass is 10.4. The maximum Gasteiger partial charge on any atom is 0.279 e. The maximum absolute atomic E-state index is 11.3. The molecule has 0 aromatic carbocycles. The second kappa shape index (κ2) is 2.62. The summed E-state index contributed by atoms with van der Waals surface area (Å²) in [5.74, 6) is 0.553. The number of nitrogens with one attached hydrogen (secondary N) is 1. The Balaban J connectivity index is 2.95. The summed E-state index contributed by atoms with van der Waals surface area (Å²) in [6.07, 6.45) is 1.55. The van der Waals surface area contributed by atoms with Crippen molar-refractivity contribution in [2.75, 3.05) is 0 Å². The molecule has 0 spiro atoms. The quantitative estimate of drug-likeness (QED) is 0.627. The summed E-state index contributed by atoms with van der Waals surface area (Å²) in [5, 5.41) is 0. The van der Waals surface area contributed by atoms with E-state index in [9.17, 15) is 4.79 Å². The maximum atomic E-state index is 11.3. The van der Waals surface area contributed by atoms with Crippen molar-refractivity contribution in [1.29, 1.82) is 0 Å². The molecule has 5 nitrogen and oxygen atoms in total. The van der Waals surface area contributed by atoms with Crippen LogP contribution in [0, 0.1) is 13.8 Å². The van der Waals surface area contributed by atoms with Crippen LogP contribution in [-0.2, 0) is 0 Å². The van der Waals surface area contributed by atoms with Gasteiger partial charge in [0.25, 0.3) is 5.56 Å². The Kier molecular flexibility index (Phi) is 1.58. The monoisotopic (exact) mass is 176 g/mol. The molecule has 0 unspecified atom stereocenters. The van der Waals surface area contributed by atoms with Gasteiger partial charge >= 0.3 is 0 Å². The molecule has 0 aliphatic heterocycles. The molecule has 5 heteroatoms. The molecule has 0 atom stereocenters. The molecule has 2 heterocycles. The molecule has 2 aromatic rings. The predicted octanol–water partition coefficient (Wildman–Crippen LogP) is 0.330. The third-order valence-electron chi connectivity index (χ3n) is 1.66. The van der Waals surface area contributed by atoms with Gasteiger partial charge in [-0.25, -0.2) is 15.0 Å². The molecule has 2 rings (SSSR count). The fourth-order valence-corrected chi connectivity index (χ4v) is 1.11. The van der Waals surface area contributed by atoms with E-state index in [-0.39, 0.29) is 11.1 Å². The molecule has 2 aromatic heterocycles. The lowest BCUT2D eigenvalue weighted by molar-refractivity contribution is 1.01. The van der Waals surface area contributed by atoms with E-state index >= 15 is 0 Å². The third-order valence-corrected chi connectivity index (χ3v) is 1.66. The number of hydrogen-bond donors (Lipinski definition) is 1. The van der Waals surface area contributed by atoms with Crippen molar-refractivity contribution in [3.05, 3.63) is 28.1 Å². The second-order valence-corrected chi connectivity index (χ2v) is 2.83. The summed E-state index contributed by atoms with van der Waals surface area (Å²) < 4.78 is 0. The minimum atomic E-state index is -0.241. The van der Waals surface area contributed by atoms with Gasteiger partial charge in [0.15, 0.2) is 11.2 Å². The smallest absolute Gasteiger partial charge is 0.279 e. The number of hydrogen-bond acceptors (Lipinski definition) is 4. The van der Waals surface area contributed by atoms with Crippen LogP contribution in [0.4, 0.5) is 0 Å². The number of aromatic nitrogens is 4. The number of fused-ring (bicyclic) bond motifs is 1. The van der Waals surface area contributed by atoms with Crippen LogP contribution in [0.15, 0.2) is 11.0 Å². The summed E-state index contributed by atoms with van der Waals surface area (Å²) in [6, 6.07) is 0. The third kappa shape index (κ3) is 1.28. The van der Waals surface area contributed by atoms with Crippen LogP contribution in [0.25, 0.3) is 11.2 Å². The van der Waals surface area contributed by atoms with Crippen LogP contribution in [-0.4, -0.2) is 19.9 Å². The summed E-state index contributed by atoms with van der Waals surface area (Å²) in [4.78, 5) is 26.0. The van der Waals surface area contributed by atoms with E-state index in [1.165, 1.54) is 0 Å². The number of H-pyrrole nitrogens is 1. The first-order valence-electron chi connectivity index (χ1n) is 3.87. The van der Waals surface area contributed by atoms with Crippen LogP contribution in [0.5, 0.6) is 0 Å². The lowest BCUT2D eigenvalue weighted by Crippen LogP contribution is -2.12. The van der Waals surface area contributed by atoms with Crippen molar-refractivity contribution in [3.63, 3.8) is 0 Å². The van der Waals surface area contributed by atoms with Crippen molar-refractivity contribution < 1.29 is 0 Å². The molecular formula is C8H8N4O. The van der Waals surface area contributed by atoms with Crippen molar-refractivity contribution in [1.82, 2.24) is 19.9 Å². The Morgan fingerprint density at radius 2 is 2.08 bits per heavy atom. The molecule has 1 N–H and O–H groups in total. The zero-order valence-corrected chi connectivity index (χ0v) is 7.33. The molecule has 0 aliphatic rings. The molecule has 0 saturated heterocycles. The summed E-state index contributed by atoms with van der Waals surface area (Å²) in [7, 11) is 0. The van der Waals surface area contributed by atoms with Crippen molar-refractivity contribution in [3.8, 4) is 0 Å². The SMILES string of the molecule is Cc1cnc2c(=O)[nH]c(C)nc2n1. The highest BCUT2D eigenvalue weighted by Crippen LogP contribution is 2.00. The Labute approximate surface area is 73.9 Å². The van der Waals surface area contributed by atoms with Crippen molar-refractivity contribution in [2.45, 2.75) is 13.8 Å². The number of aryl methyl sites for hydroxylation is 2. The van der Waals surface area contributed by atoms with E-state index in [4.69, 9.17) is 0 Å². The Morgan fingerprint density at radius 1 is 1.31 bits per heavy atom. The van der Waals surface area contributed by atoms with Crippen molar-refractivity contribution in [2.24, 2.45) is 0 Å². The summed E-state index contributed by atoms with van der Waals surface area (Å²) in [6.45, 7) is 3.52. The molecule has 0 radical (unpaired) electrons. The topological polar surface area (TPSA) is 71.5 Å². The van der Waals surface area contributed by atoms with Crippen LogP contribution in [0.1, 0.15) is 11.5 Å². The van der Waals surface area contributed by atoms with Crippen LogP contribution in [0.3, 0.4) is 0 Å². The van der Waals surface area contributed by atoms with Gasteiger partial charge in [-0.2, -0.15) is 0 Å². The van der Waals surface area contributed by atoms with Gasteiger partial charge in [0, 0.05) is 6.20 Å². The molecule has 66 valence electrons. The van der Waals surface area contributed by atoms with E-state index in [0.29, 0.717) is 11.5 Å². The van der Waals surface area contributed by atoms with Gasteiger partial charge in [-0.1, -0.05) is 0 Å². The van der Waals surface area contributed by atoms with E-state index < -0.39 is 0 Å². The van der Waals surface area contributed by atoms with Crippen LogP contribution < -0.4 is 5.56 Å². The lowest BCUT2D eigenvalue weighted by Gasteiger charge is -1.97. The van der Waals surface area contributed by atoms with Gasteiger partial charge in [0.05, 0.1) is 5.69 Å². The molecule has 13 heavy (non-hydrogen) atoms. The second-order valence-electron chi connectivity index (χ2n) is 2.83. The normalized spacial score (nSPS) is 10.6. The average molecular weight is 176 g/mol. The molecule has 0 fully saturated rings. The van der Waals surface area contributed by atoms with Crippen molar-refractivity contribution >= 4 is 11.2 Å². The summed E-state index contributed by atoms with van der Waals surface area (Å²) >= 11 is 0. The van der Waals surface area contributed by atoms with Crippen LogP contribution in [0.2, 0.25) is 0 Å². The van der Waals surface area contributed by atoms with Crippen LogP contribution >= 0.6 is 0 Å². The number of rotatable bonds is 0. The molecule has 0 saturated carbocycles. The first-order chi connectivity index (χ1) is 6.16. The molecule has 0 aliphatic carbocycles. The summed E-state index contributed by atoms with van der Waals surface area (Å²) in [5.41, 5.74) is 1.21.